The molecule has 3 nitrogen and oxygen atoms in total. The summed E-state index contributed by atoms with van der Waals surface area (Å²) in [5.74, 6) is 0.164. The van der Waals surface area contributed by atoms with Crippen LogP contribution in [0.1, 0.15) is 31.7 Å². The minimum Gasteiger partial charge on any atom is -0.511 e. The molecule has 4 heteroatoms. The summed E-state index contributed by atoms with van der Waals surface area (Å²) in [5, 5.41) is 13.3. The molecule has 0 radical (unpaired) electrons. The van der Waals surface area contributed by atoms with Gasteiger partial charge in [-0.15, -0.1) is 11.3 Å². The number of carbonyl (C=O) groups excluding carboxylic acids is 1. The highest BCUT2D eigenvalue weighted by Gasteiger charge is 2.35. The summed E-state index contributed by atoms with van der Waals surface area (Å²) in [5.41, 5.74) is 1.10. The van der Waals surface area contributed by atoms with Crippen LogP contribution in [0.3, 0.4) is 0 Å². The van der Waals surface area contributed by atoms with E-state index in [9.17, 15) is 9.90 Å². The predicted molar refractivity (Wildman–Crippen MR) is 94.7 cm³/mol. The first-order valence-electron chi connectivity index (χ1n) is 7.69. The van der Waals surface area contributed by atoms with Crippen molar-refractivity contribution in [3.63, 3.8) is 0 Å². The van der Waals surface area contributed by atoms with Crippen molar-refractivity contribution in [3.05, 3.63) is 47.2 Å². The highest BCUT2D eigenvalue weighted by molar-refractivity contribution is 7.20. The van der Waals surface area contributed by atoms with Gasteiger partial charge >= 0.3 is 0 Å². The first-order valence-corrected chi connectivity index (χ1v) is 8.50. The number of carbonyl (C=O) groups is 1. The van der Waals surface area contributed by atoms with E-state index in [1.807, 2.05) is 38.1 Å². The van der Waals surface area contributed by atoms with E-state index in [-0.39, 0.29) is 17.0 Å². The Balaban J connectivity index is 1.93. The van der Waals surface area contributed by atoms with E-state index >= 15 is 0 Å². The fourth-order valence-corrected chi connectivity index (χ4v) is 4.48. The van der Waals surface area contributed by atoms with Gasteiger partial charge in [0.1, 0.15) is 10.8 Å². The molecule has 0 saturated carbocycles. The average Bonchev–Trinajstić information content (AvgIpc) is 2.89. The molecule has 0 fully saturated rings. The van der Waals surface area contributed by atoms with Crippen LogP contribution in [0.15, 0.2) is 42.2 Å². The molecule has 0 amide bonds. The van der Waals surface area contributed by atoms with Gasteiger partial charge in [0.2, 0.25) is 0 Å². The smallest absolute Gasteiger partial charge is 0.169 e. The van der Waals surface area contributed by atoms with Crippen molar-refractivity contribution in [1.82, 2.24) is 4.98 Å². The monoisotopic (exact) mass is 323 g/mol. The van der Waals surface area contributed by atoms with Crippen LogP contribution >= 0.6 is 11.3 Å². The summed E-state index contributed by atoms with van der Waals surface area (Å²) < 4.78 is 1.07. The Morgan fingerprint density at radius 2 is 1.91 bits per heavy atom. The highest BCUT2D eigenvalue weighted by atomic mass is 32.1. The van der Waals surface area contributed by atoms with Crippen LogP contribution in [0.4, 0.5) is 0 Å². The normalized spacial score (nSPS) is 18.1. The number of hydrogen-bond acceptors (Lipinski definition) is 4. The van der Waals surface area contributed by atoms with Crippen LogP contribution in [0, 0.1) is 5.41 Å². The topological polar surface area (TPSA) is 50.2 Å². The lowest BCUT2D eigenvalue weighted by Gasteiger charge is -2.28. The molecule has 1 aliphatic rings. The first kappa shape index (κ1) is 14.4. The van der Waals surface area contributed by atoms with Gasteiger partial charge in [-0.05, 0) is 16.9 Å². The molecule has 3 aromatic rings. The molecule has 1 aliphatic carbocycles. The lowest BCUT2D eigenvalue weighted by atomic mass is 9.77. The number of rotatable bonds is 1. The second-order valence-electron chi connectivity index (χ2n) is 6.92. The minimum atomic E-state index is -0.186. The molecule has 4 rings (SSSR count). The SMILES string of the molecule is CC1(C)CC(=O)C(c2nc3ccc4ccccc4c3s2)=C(O)C1. The maximum atomic E-state index is 12.5. The molecule has 0 atom stereocenters. The Hall–Kier alpha value is -2.20. The molecule has 0 aliphatic heterocycles. The highest BCUT2D eigenvalue weighted by Crippen LogP contribution is 2.41. The Bertz CT molecular complexity index is 981. The summed E-state index contributed by atoms with van der Waals surface area (Å²) in [4.78, 5) is 17.1. The van der Waals surface area contributed by atoms with Crippen LogP contribution in [-0.2, 0) is 4.79 Å². The van der Waals surface area contributed by atoms with E-state index in [2.05, 4.69) is 17.1 Å². The number of aromatic nitrogens is 1. The van der Waals surface area contributed by atoms with E-state index in [4.69, 9.17) is 0 Å². The standard InChI is InChI=1S/C19H17NO2S/c1-19(2)9-14(21)16(15(22)10-19)18-20-13-8-7-11-5-3-4-6-12(11)17(13)23-18/h3-8,21H,9-10H2,1-2H3. The molecule has 0 saturated heterocycles. The van der Waals surface area contributed by atoms with E-state index in [1.165, 1.54) is 11.3 Å². The van der Waals surface area contributed by atoms with Crippen molar-refractivity contribution in [2.45, 2.75) is 26.7 Å². The number of nitrogens with zero attached hydrogens (tertiary/aromatic N) is 1. The molecule has 23 heavy (non-hydrogen) atoms. The molecule has 0 unspecified atom stereocenters. The Labute approximate surface area is 138 Å². The maximum Gasteiger partial charge on any atom is 0.169 e. The van der Waals surface area contributed by atoms with Crippen LogP contribution in [0.2, 0.25) is 0 Å². The van der Waals surface area contributed by atoms with Gasteiger partial charge in [-0.25, -0.2) is 4.98 Å². The number of fused-ring (bicyclic) bond motifs is 3. The molecule has 0 spiro atoms. The van der Waals surface area contributed by atoms with Crippen molar-refractivity contribution in [2.75, 3.05) is 0 Å². The zero-order chi connectivity index (χ0) is 16.2. The second kappa shape index (κ2) is 4.90. The van der Waals surface area contributed by atoms with Crippen molar-refractivity contribution < 1.29 is 9.90 Å². The number of hydrogen-bond donors (Lipinski definition) is 1. The van der Waals surface area contributed by atoms with E-state index in [1.54, 1.807) is 0 Å². The molecular weight excluding hydrogens is 306 g/mol. The van der Waals surface area contributed by atoms with E-state index in [0.717, 1.165) is 21.0 Å². The number of Topliss-reactive ketones (excluding diaryl/α,β-unsaturated/α-hetero) is 1. The van der Waals surface area contributed by atoms with Gasteiger partial charge in [-0.3, -0.25) is 4.79 Å². The fraction of sp³-hybridized carbons (Fsp3) is 0.263. The van der Waals surface area contributed by atoms with Gasteiger partial charge in [0.25, 0.3) is 0 Å². The van der Waals surface area contributed by atoms with Crippen LogP contribution in [-0.4, -0.2) is 15.9 Å². The minimum absolute atomic E-state index is 0.0119. The number of allylic oxidation sites excluding steroid dienone is 2. The number of ketones is 1. The third-order valence-corrected chi connectivity index (χ3v) is 5.47. The number of thiazole rings is 1. The van der Waals surface area contributed by atoms with Crippen molar-refractivity contribution >= 4 is 43.7 Å². The van der Waals surface area contributed by atoms with Gasteiger partial charge in [0, 0.05) is 18.2 Å². The lowest BCUT2D eigenvalue weighted by Crippen LogP contribution is -2.25. The third kappa shape index (κ3) is 2.34. The molecule has 1 heterocycles. The van der Waals surface area contributed by atoms with Gasteiger partial charge in [-0.1, -0.05) is 44.2 Å². The quantitative estimate of drug-likeness (QED) is 0.677. The zero-order valence-electron chi connectivity index (χ0n) is 13.1. The van der Waals surface area contributed by atoms with Gasteiger partial charge in [-0.2, -0.15) is 0 Å². The molecule has 1 N–H and O–H groups in total. The molecule has 1 aromatic heterocycles. The summed E-state index contributed by atoms with van der Waals surface area (Å²) in [6.45, 7) is 4.01. The van der Waals surface area contributed by atoms with Crippen LogP contribution in [0.25, 0.3) is 26.6 Å². The summed E-state index contributed by atoms with van der Waals surface area (Å²) in [6.07, 6.45) is 0.966. The Kier molecular flexibility index (Phi) is 3.07. The third-order valence-electron chi connectivity index (χ3n) is 4.35. The number of aliphatic hydroxyl groups is 1. The first-order chi connectivity index (χ1) is 10.9. The molecule has 2 aromatic carbocycles. The maximum absolute atomic E-state index is 12.5. The number of benzene rings is 2. The van der Waals surface area contributed by atoms with Crippen LogP contribution in [0.5, 0.6) is 0 Å². The second-order valence-corrected chi connectivity index (χ2v) is 7.92. The van der Waals surface area contributed by atoms with Gasteiger partial charge in [0.05, 0.1) is 15.8 Å². The molecular formula is C19H17NO2S. The largest absolute Gasteiger partial charge is 0.511 e. The van der Waals surface area contributed by atoms with E-state index in [0.29, 0.717) is 23.4 Å². The van der Waals surface area contributed by atoms with Gasteiger partial charge in [0.15, 0.2) is 5.78 Å². The fourth-order valence-electron chi connectivity index (χ4n) is 3.29. The predicted octanol–water partition coefficient (Wildman–Crippen LogP) is 5.11. The summed E-state index contributed by atoms with van der Waals surface area (Å²) >= 11 is 1.49. The average molecular weight is 323 g/mol. The van der Waals surface area contributed by atoms with Crippen molar-refractivity contribution in [2.24, 2.45) is 5.41 Å². The van der Waals surface area contributed by atoms with Crippen molar-refractivity contribution in [1.29, 1.82) is 0 Å². The molecule has 0 bridgehead atoms. The van der Waals surface area contributed by atoms with Gasteiger partial charge < -0.3 is 5.11 Å². The lowest BCUT2D eigenvalue weighted by molar-refractivity contribution is -0.116. The summed E-state index contributed by atoms with van der Waals surface area (Å²) in [6, 6.07) is 12.2. The van der Waals surface area contributed by atoms with Crippen LogP contribution < -0.4 is 0 Å². The summed E-state index contributed by atoms with van der Waals surface area (Å²) in [7, 11) is 0. The Morgan fingerprint density at radius 1 is 1.13 bits per heavy atom. The zero-order valence-corrected chi connectivity index (χ0v) is 13.9. The molecule has 116 valence electrons. The number of aliphatic hydroxyl groups excluding tert-OH is 1. The Morgan fingerprint density at radius 3 is 2.70 bits per heavy atom. The van der Waals surface area contributed by atoms with E-state index < -0.39 is 0 Å². The van der Waals surface area contributed by atoms with Crippen molar-refractivity contribution in [3.8, 4) is 0 Å².